The van der Waals surface area contributed by atoms with Crippen molar-refractivity contribution in [1.29, 1.82) is 0 Å². The number of anilines is 3. The van der Waals surface area contributed by atoms with E-state index in [9.17, 15) is 9.59 Å². The number of likely N-dealkylation sites (tertiary alicyclic amines) is 1. The molecule has 2 aromatic carbocycles. The lowest BCUT2D eigenvalue weighted by molar-refractivity contribution is -0.125. The minimum atomic E-state index is -0.617. The highest BCUT2D eigenvalue weighted by Gasteiger charge is 2.36. The summed E-state index contributed by atoms with van der Waals surface area (Å²) >= 11 is 5.57. The summed E-state index contributed by atoms with van der Waals surface area (Å²) in [6.45, 7) is 1.53. The van der Waals surface area contributed by atoms with Crippen LogP contribution in [0.25, 0.3) is 0 Å². The van der Waals surface area contributed by atoms with E-state index in [0.717, 1.165) is 16.9 Å². The number of carbonyl (C=O) groups is 2. The van der Waals surface area contributed by atoms with Crippen LogP contribution in [-0.2, 0) is 19.0 Å². The van der Waals surface area contributed by atoms with Gasteiger partial charge in [-0.1, -0.05) is 5.92 Å². The van der Waals surface area contributed by atoms with Crippen LogP contribution in [0.1, 0.15) is 12.0 Å². The molecule has 2 aliphatic rings. The molecule has 2 aromatic rings. The molecule has 0 bridgehead atoms. The van der Waals surface area contributed by atoms with Crippen LogP contribution in [0, 0.1) is 12.3 Å². The van der Waals surface area contributed by atoms with Crippen LogP contribution in [-0.4, -0.2) is 67.8 Å². The van der Waals surface area contributed by atoms with Crippen molar-refractivity contribution in [2.24, 2.45) is 0 Å². The number of terminal acetylenes is 1. The summed E-state index contributed by atoms with van der Waals surface area (Å²) in [6, 6.07) is 14.3. The van der Waals surface area contributed by atoms with Crippen molar-refractivity contribution in [1.82, 2.24) is 4.90 Å². The lowest BCUT2D eigenvalue weighted by Gasteiger charge is -2.27. The lowest BCUT2D eigenvalue weighted by Crippen LogP contribution is -2.42. The Kier molecular flexibility index (Phi) is 7.82. The molecule has 0 aromatic heterocycles. The molecule has 0 radical (unpaired) electrons. The number of carbonyl (C=O) groups excluding carboxylic acids is 2. The van der Waals surface area contributed by atoms with Crippen LogP contribution < -0.4 is 15.5 Å². The number of rotatable bonds is 5. The number of hydrogen-bond donors (Lipinski definition) is 2. The minimum absolute atomic E-state index is 0.0691. The van der Waals surface area contributed by atoms with Gasteiger partial charge in [-0.15, -0.1) is 6.42 Å². The second-order valence-corrected chi connectivity index (χ2v) is 8.41. The fraction of sp³-hybridized carbons (Fsp3) is 0.320. The zero-order valence-electron chi connectivity index (χ0n) is 19.2. The Balaban J connectivity index is 1.36. The molecule has 2 amide bonds. The second kappa shape index (κ2) is 11.2. The number of benzene rings is 2. The van der Waals surface area contributed by atoms with E-state index < -0.39 is 12.3 Å². The molecular weight excluding hydrogens is 468 g/mol. The number of hydrogen-bond acceptors (Lipinski definition) is 6. The molecule has 2 saturated heterocycles. The van der Waals surface area contributed by atoms with Gasteiger partial charge in [0.15, 0.2) is 11.3 Å². The van der Waals surface area contributed by atoms with Gasteiger partial charge >= 0.3 is 6.09 Å². The summed E-state index contributed by atoms with van der Waals surface area (Å²) in [6.07, 6.45) is 4.52. The first-order valence-corrected chi connectivity index (χ1v) is 11.5. The van der Waals surface area contributed by atoms with E-state index in [4.69, 9.17) is 32.9 Å². The highest BCUT2D eigenvalue weighted by atomic mass is 32.1. The summed E-state index contributed by atoms with van der Waals surface area (Å²) in [5.41, 5.74) is 2.83. The Hall–Kier alpha value is -3.65. The Morgan fingerprint density at radius 3 is 2.49 bits per heavy atom. The summed E-state index contributed by atoms with van der Waals surface area (Å²) in [5.74, 6) is 2.48. The molecule has 0 spiro atoms. The Morgan fingerprint density at radius 1 is 1.14 bits per heavy atom. The van der Waals surface area contributed by atoms with E-state index in [0.29, 0.717) is 36.9 Å². The van der Waals surface area contributed by atoms with Gasteiger partial charge in [-0.25, -0.2) is 4.79 Å². The first-order chi connectivity index (χ1) is 17.0. The molecule has 10 heteroatoms. The van der Waals surface area contributed by atoms with Gasteiger partial charge in [-0.3, -0.25) is 10.1 Å². The Labute approximate surface area is 209 Å². The quantitative estimate of drug-likeness (QED) is 0.484. The molecule has 2 fully saturated rings. The zero-order chi connectivity index (χ0) is 24.8. The van der Waals surface area contributed by atoms with Crippen molar-refractivity contribution < 1.29 is 23.8 Å². The van der Waals surface area contributed by atoms with Crippen LogP contribution in [0.15, 0.2) is 48.5 Å². The molecule has 9 nitrogen and oxygen atoms in total. The van der Waals surface area contributed by atoms with E-state index >= 15 is 0 Å². The third-order valence-corrected chi connectivity index (χ3v) is 6.10. The number of thiocarbonyl (C=S) groups is 1. The third kappa shape index (κ3) is 6.08. The van der Waals surface area contributed by atoms with Crippen molar-refractivity contribution in [2.75, 3.05) is 48.9 Å². The van der Waals surface area contributed by atoms with Crippen LogP contribution in [0.2, 0.25) is 0 Å². The predicted molar refractivity (Wildman–Crippen MR) is 136 cm³/mol. The van der Waals surface area contributed by atoms with Gasteiger partial charge in [-0.05, 0) is 60.7 Å². The largest absolute Gasteiger partial charge is 0.425 e. The van der Waals surface area contributed by atoms with E-state index in [1.807, 2.05) is 24.3 Å². The number of nitrogens with zero attached hydrogens (tertiary/aromatic N) is 2. The summed E-state index contributed by atoms with van der Waals surface area (Å²) in [5, 5.41) is 6.29. The average Bonchev–Trinajstić information content (AvgIpc) is 3.28. The number of amides is 2. The van der Waals surface area contributed by atoms with Gasteiger partial charge in [0.25, 0.3) is 5.91 Å². The fourth-order valence-electron chi connectivity index (χ4n) is 3.89. The van der Waals surface area contributed by atoms with E-state index in [2.05, 4.69) is 16.6 Å². The lowest BCUT2D eigenvalue weighted by atomic mass is 10.2. The van der Waals surface area contributed by atoms with Gasteiger partial charge in [0.05, 0.1) is 19.3 Å². The number of nitrogens with one attached hydrogen (secondary N) is 2. The first-order valence-electron chi connectivity index (χ1n) is 11.1. The number of methoxy groups -OCH3 is 1. The van der Waals surface area contributed by atoms with Gasteiger partial charge in [0.1, 0.15) is 6.61 Å². The van der Waals surface area contributed by atoms with E-state index in [1.54, 1.807) is 41.2 Å². The predicted octanol–water partition coefficient (Wildman–Crippen LogP) is 3.02. The maximum Gasteiger partial charge on any atom is 0.413 e. The van der Waals surface area contributed by atoms with Crippen molar-refractivity contribution >= 4 is 46.4 Å². The number of morpholine rings is 1. The van der Waals surface area contributed by atoms with Crippen LogP contribution >= 0.6 is 12.2 Å². The summed E-state index contributed by atoms with van der Waals surface area (Å²) in [7, 11) is 1.61. The Bertz CT molecular complexity index is 1120. The normalized spacial score (nSPS) is 19.7. The first kappa shape index (κ1) is 24.5. The molecule has 0 unspecified atom stereocenters. The summed E-state index contributed by atoms with van der Waals surface area (Å²) < 4.78 is 16.3. The molecular formula is C25H26N4O5S. The molecule has 2 atom stereocenters. The van der Waals surface area contributed by atoms with Crippen LogP contribution in [0.4, 0.5) is 21.9 Å². The minimum Gasteiger partial charge on any atom is -0.425 e. The summed E-state index contributed by atoms with van der Waals surface area (Å²) in [4.78, 5) is 28.1. The molecule has 4 rings (SSSR count). The molecule has 2 heterocycles. The monoisotopic (exact) mass is 494 g/mol. The van der Waals surface area contributed by atoms with Crippen molar-refractivity contribution in [3.8, 4) is 12.3 Å². The topological polar surface area (TPSA) is 92.4 Å². The van der Waals surface area contributed by atoms with Crippen molar-refractivity contribution in [3.63, 3.8) is 0 Å². The number of ether oxygens (including phenoxy) is 3. The van der Waals surface area contributed by atoms with Gasteiger partial charge in [0.2, 0.25) is 0 Å². The fourth-order valence-corrected chi connectivity index (χ4v) is 4.20. The standard InChI is InChI=1S/C25H26N4O5S/c1-3-17-4-6-18(7-5-17)26-24(35)29-15-21(32-2)14-23(29)34-25(31)27-19-8-10-20(11-9-19)28-12-13-33-16-22(28)30/h1,4-11,21,23H,12-16H2,2H3,(H,26,35)(H,27,31)/t21-,23-/m1/s1. The zero-order valence-corrected chi connectivity index (χ0v) is 20.0. The van der Waals surface area contributed by atoms with E-state index in [1.165, 1.54) is 0 Å². The molecule has 0 aliphatic carbocycles. The smallest absolute Gasteiger partial charge is 0.413 e. The highest BCUT2D eigenvalue weighted by molar-refractivity contribution is 7.80. The average molecular weight is 495 g/mol. The SMILES string of the molecule is C#Cc1ccc(NC(=S)N2C[C@H](OC)C[C@H]2OC(=O)Nc2ccc(N3CCOCC3=O)cc2)cc1. The third-order valence-electron chi connectivity index (χ3n) is 5.76. The van der Waals surface area contributed by atoms with Crippen LogP contribution in [0.5, 0.6) is 0 Å². The second-order valence-electron chi connectivity index (χ2n) is 8.03. The maximum atomic E-state index is 12.6. The highest BCUT2D eigenvalue weighted by Crippen LogP contribution is 2.24. The van der Waals surface area contributed by atoms with Gasteiger partial charge in [0, 0.05) is 42.7 Å². The van der Waals surface area contributed by atoms with Crippen LogP contribution in [0.3, 0.4) is 0 Å². The molecule has 35 heavy (non-hydrogen) atoms. The van der Waals surface area contributed by atoms with E-state index in [-0.39, 0.29) is 18.6 Å². The molecule has 182 valence electrons. The van der Waals surface area contributed by atoms with Crippen molar-refractivity contribution in [3.05, 3.63) is 54.1 Å². The van der Waals surface area contributed by atoms with Gasteiger partial charge in [-0.2, -0.15) is 0 Å². The maximum absolute atomic E-state index is 12.6. The van der Waals surface area contributed by atoms with Gasteiger partial charge < -0.3 is 29.3 Å². The van der Waals surface area contributed by atoms with Crippen molar-refractivity contribution in [2.45, 2.75) is 18.8 Å². The molecule has 0 saturated carbocycles. The molecule has 2 N–H and O–H groups in total. The molecule has 2 aliphatic heterocycles. The Morgan fingerprint density at radius 2 is 1.83 bits per heavy atom.